The minimum Gasteiger partial charge on any atom is -0.380 e. The van der Waals surface area contributed by atoms with Gasteiger partial charge in [-0.3, -0.25) is 14.4 Å². The Morgan fingerprint density at radius 1 is 1.25 bits per heavy atom. The van der Waals surface area contributed by atoms with E-state index in [1.165, 1.54) is 28.0 Å². The Bertz CT molecular complexity index is 1170. The lowest BCUT2D eigenvalue weighted by molar-refractivity contribution is -0.153. The molecule has 4 rings (SSSR count). The average Bonchev–Trinajstić information content (AvgIpc) is 3.63. The van der Waals surface area contributed by atoms with Crippen molar-refractivity contribution in [3.05, 3.63) is 67.8 Å². The first-order valence-corrected chi connectivity index (χ1v) is 13.6. The minimum absolute atomic E-state index is 0.153. The zero-order valence-corrected chi connectivity index (χ0v) is 21.6. The third-order valence-corrected chi connectivity index (χ3v) is 8.60. The van der Waals surface area contributed by atoms with Crippen molar-refractivity contribution >= 4 is 52.4 Å². The first-order chi connectivity index (χ1) is 17.2. The first kappa shape index (κ1) is 26.5. The number of primary amides is 1. The van der Waals surface area contributed by atoms with E-state index in [2.05, 4.69) is 10.6 Å². The molecule has 0 spiro atoms. The van der Waals surface area contributed by atoms with E-state index in [1.54, 1.807) is 5.41 Å². The van der Waals surface area contributed by atoms with Gasteiger partial charge in [-0.05, 0) is 47.9 Å². The van der Waals surface area contributed by atoms with Crippen LogP contribution in [-0.2, 0) is 27.3 Å². The van der Waals surface area contributed by atoms with Crippen molar-refractivity contribution in [1.82, 2.24) is 15.5 Å². The van der Waals surface area contributed by atoms with Gasteiger partial charge >= 0.3 is 0 Å². The predicted octanol–water partition coefficient (Wildman–Crippen LogP) is 1.31. The Balaban J connectivity index is 1.29. The molecule has 0 saturated carbocycles. The molecule has 0 radical (unpaired) electrons. The van der Waals surface area contributed by atoms with Gasteiger partial charge in [0.15, 0.2) is 12.2 Å². The number of carbonyl (C=O) groups excluding carboxylic acids is 3. The largest absolute Gasteiger partial charge is 0.380 e. The number of carbonyl (C=O) groups is 3. The van der Waals surface area contributed by atoms with Crippen molar-refractivity contribution in [1.29, 1.82) is 0 Å². The Hall–Kier alpha value is -2.57. The van der Waals surface area contributed by atoms with Crippen molar-refractivity contribution < 1.29 is 24.6 Å². The Kier molecular flexibility index (Phi) is 8.58. The molecule has 2 aliphatic heterocycles. The van der Waals surface area contributed by atoms with Gasteiger partial charge in [0.2, 0.25) is 0 Å². The van der Waals surface area contributed by atoms with E-state index < -0.39 is 29.9 Å². The van der Waals surface area contributed by atoms with E-state index in [9.17, 15) is 24.6 Å². The van der Waals surface area contributed by atoms with Crippen LogP contribution in [0.4, 0.5) is 0 Å². The summed E-state index contributed by atoms with van der Waals surface area (Å²) < 4.78 is 0. The van der Waals surface area contributed by atoms with Crippen molar-refractivity contribution in [2.45, 2.75) is 49.4 Å². The molecule has 3 heterocycles. The molecule has 2 unspecified atom stereocenters. The number of benzene rings is 1. The number of nitrogens with one attached hydrogen (secondary N) is 2. The summed E-state index contributed by atoms with van der Waals surface area (Å²) in [6.07, 6.45) is -1.81. The molecule has 9 nitrogen and oxygen atoms in total. The second-order valence-corrected chi connectivity index (χ2v) is 11.1. The van der Waals surface area contributed by atoms with Crippen LogP contribution in [0.15, 0.2) is 46.8 Å². The van der Waals surface area contributed by atoms with Gasteiger partial charge in [0.05, 0.1) is 18.0 Å². The summed E-state index contributed by atoms with van der Waals surface area (Å²) >= 11 is 9.01. The number of rotatable bonds is 9. The van der Waals surface area contributed by atoms with E-state index in [-0.39, 0.29) is 23.7 Å². The highest BCUT2D eigenvalue weighted by Gasteiger charge is 2.42. The van der Waals surface area contributed by atoms with Gasteiger partial charge in [-0.2, -0.15) is 0 Å². The second kappa shape index (κ2) is 11.7. The van der Waals surface area contributed by atoms with Crippen molar-refractivity contribution in [3.63, 3.8) is 0 Å². The van der Waals surface area contributed by atoms with Gasteiger partial charge in [-0.1, -0.05) is 29.8 Å². The monoisotopic (exact) mass is 550 g/mol. The number of nitrogens with zero attached hydrogens (tertiary/aromatic N) is 1. The molecular weight excluding hydrogens is 524 g/mol. The van der Waals surface area contributed by atoms with Crippen LogP contribution in [-0.4, -0.2) is 63.0 Å². The van der Waals surface area contributed by atoms with Crippen molar-refractivity contribution in [2.24, 2.45) is 5.73 Å². The normalized spacial score (nSPS) is 21.0. The third kappa shape index (κ3) is 6.04. The number of thioether (sulfide) groups is 1. The summed E-state index contributed by atoms with van der Waals surface area (Å²) in [5.74, 6) is -2.15. The number of aliphatic hydroxyl groups excluding tert-OH is 2. The van der Waals surface area contributed by atoms with E-state index in [0.717, 1.165) is 16.0 Å². The maximum atomic E-state index is 12.9. The van der Waals surface area contributed by atoms with Gasteiger partial charge in [0.25, 0.3) is 17.7 Å². The van der Waals surface area contributed by atoms with Gasteiger partial charge in [-0.25, -0.2) is 0 Å². The Morgan fingerprint density at radius 2 is 2.03 bits per heavy atom. The fourth-order valence-electron chi connectivity index (χ4n) is 4.26. The predicted molar refractivity (Wildman–Crippen MR) is 139 cm³/mol. The summed E-state index contributed by atoms with van der Waals surface area (Å²) in [5.41, 5.74) is 7.61. The molecule has 1 aromatic heterocycles. The van der Waals surface area contributed by atoms with Gasteiger partial charge in [0, 0.05) is 21.9 Å². The summed E-state index contributed by atoms with van der Waals surface area (Å²) in [7, 11) is 0. The molecule has 1 saturated heterocycles. The fraction of sp³-hybridized carbons (Fsp3) is 0.375. The molecule has 1 aromatic carbocycles. The molecule has 4 atom stereocenters. The number of halogens is 1. The van der Waals surface area contributed by atoms with E-state index in [0.29, 0.717) is 30.8 Å². The Morgan fingerprint density at radius 3 is 2.75 bits per heavy atom. The van der Waals surface area contributed by atoms with Crippen LogP contribution in [0.5, 0.6) is 0 Å². The van der Waals surface area contributed by atoms with Gasteiger partial charge < -0.3 is 31.5 Å². The van der Waals surface area contributed by atoms with Crippen LogP contribution >= 0.6 is 34.7 Å². The molecular formula is C24H27ClN4O5S2. The lowest BCUT2D eigenvalue weighted by Gasteiger charge is -2.31. The molecule has 1 fully saturated rings. The fourth-order valence-corrected chi connectivity index (χ4v) is 6.42. The highest BCUT2D eigenvalue weighted by Crippen LogP contribution is 2.32. The van der Waals surface area contributed by atoms with Crippen LogP contribution in [0.1, 0.15) is 28.8 Å². The molecule has 2 aromatic rings. The van der Waals surface area contributed by atoms with Gasteiger partial charge in [-0.15, -0.1) is 23.1 Å². The molecule has 2 aliphatic rings. The molecule has 192 valence electrons. The first-order valence-electron chi connectivity index (χ1n) is 11.4. The zero-order valence-electron chi connectivity index (χ0n) is 19.2. The average molecular weight is 551 g/mol. The van der Waals surface area contributed by atoms with Crippen molar-refractivity contribution in [2.75, 3.05) is 6.54 Å². The standard InChI is InChI=1S/C24H27ClN4O5S2/c25-16-5-2-1-4-14(16)8-13-9-15(35-11-13)10-27-22(33)19(30)20(31)24(34)29-7-3-6-18(29)23-28-17(12-36-23)21(26)32/h1-2,4-5,9,11-12,18-20,23,28,30-31H,3,6-8,10H2,(H2,26,32)(H,27,33)/t18?,19-,20-,23?/m1/s1. The number of aliphatic hydroxyl groups is 2. The maximum Gasteiger partial charge on any atom is 0.265 e. The highest BCUT2D eigenvalue weighted by atomic mass is 35.5. The lowest BCUT2D eigenvalue weighted by Crippen LogP contribution is -2.54. The molecule has 6 N–H and O–H groups in total. The number of thiophene rings is 1. The lowest BCUT2D eigenvalue weighted by atomic mass is 10.1. The number of nitrogens with two attached hydrogens (primary N) is 1. The molecule has 0 bridgehead atoms. The number of likely N-dealkylation sites (tertiary alicyclic amines) is 1. The summed E-state index contributed by atoms with van der Waals surface area (Å²) in [6, 6.07) is 9.21. The maximum absolute atomic E-state index is 12.9. The topological polar surface area (TPSA) is 145 Å². The quantitative estimate of drug-likeness (QED) is 0.316. The van der Waals surface area contributed by atoms with E-state index in [1.807, 2.05) is 35.7 Å². The van der Waals surface area contributed by atoms with Gasteiger partial charge in [0.1, 0.15) is 5.70 Å². The molecule has 0 aliphatic carbocycles. The second-order valence-electron chi connectivity index (χ2n) is 8.63. The summed E-state index contributed by atoms with van der Waals surface area (Å²) in [5, 5.41) is 30.4. The number of hydrogen-bond acceptors (Lipinski definition) is 8. The van der Waals surface area contributed by atoms with Crippen LogP contribution in [0.25, 0.3) is 0 Å². The Labute approximate surface area is 221 Å². The van der Waals surface area contributed by atoms with E-state index >= 15 is 0 Å². The molecule has 36 heavy (non-hydrogen) atoms. The van der Waals surface area contributed by atoms with Crippen LogP contribution in [0.2, 0.25) is 5.02 Å². The summed E-state index contributed by atoms with van der Waals surface area (Å²) in [4.78, 5) is 39.1. The number of amides is 3. The highest BCUT2D eigenvalue weighted by molar-refractivity contribution is 8.03. The van der Waals surface area contributed by atoms with Crippen LogP contribution < -0.4 is 16.4 Å². The van der Waals surface area contributed by atoms with Crippen LogP contribution in [0.3, 0.4) is 0 Å². The number of hydrogen-bond donors (Lipinski definition) is 5. The zero-order chi connectivity index (χ0) is 25.8. The summed E-state index contributed by atoms with van der Waals surface area (Å²) in [6.45, 7) is 0.531. The molecule has 3 amide bonds. The SMILES string of the molecule is NC(=O)C1=CSC(C2CCCN2C(=O)[C@H](O)[C@@H](O)C(=O)NCc2cc(Cc3ccccc3Cl)cs2)N1. The van der Waals surface area contributed by atoms with Crippen LogP contribution in [0, 0.1) is 0 Å². The van der Waals surface area contributed by atoms with E-state index in [4.69, 9.17) is 17.3 Å². The minimum atomic E-state index is -1.91. The smallest absolute Gasteiger partial charge is 0.265 e. The van der Waals surface area contributed by atoms with Crippen molar-refractivity contribution in [3.8, 4) is 0 Å². The molecule has 12 heteroatoms. The third-order valence-electron chi connectivity index (χ3n) is 6.15.